The van der Waals surface area contributed by atoms with Crippen molar-refractivity contribution < 1.29 is 4.79 Å². The van der Waals surface area contributed by atoms with E-state index in [2.05, 4.69) is 0 Å². The van der Waals surface area contributed by atoms with E-state index >= 15 is 0 Å². The summed E-state index contributed by atoms with van der Waals surface area (Å²) in [6, 6.07) is 0.307. The molecule has 0 heterocycles. The molecular formula is C10H22N2O. The molecule has 0 aliphatic heterocycles. The number of hydrogen-bond acceptors (Lipinski definition) is 2. The summed E-state index contributed by atoms with van der Waals surface area (Å²) in [5.41, 5.74) is 5.36. The van der Waals surface area contributed by atoms with Gasteiger partial charge in [-0.05, 0) is 33.2 Å². The van der Waals surface area contributed by atoms with Crippen LogP contribution in [0.2, 0.25) is 0 Å². The van der Waals surface area contributed by atoms with Crippen LogP contribution in [0, 0.1) is 0 Å². The number of carbonyl (C=O) groups excluding carboxylic acids is 1. The first-order valence-electron chi connectivity index (χ1n) is 5.05. The lowest BCUT2D eigenvalue weighted by Crippen LogP contribution is -2.32. The molecule has 0 aliphatic rings. The number of unbranched alkanes of at least 4 members (excludes halogenated alkanes) is 2. The minimum Gasteiger partial charge on any atom is -0.343 e. The van der Waals surface area contributed by atoms with Gasteiger partial charge in [0.2, 0.25) is 5.91 Å². The molecule has 0 aromatic carbocycles. The van der Waals surface area contributed by atoms with Crippen molar-refractivity contribution in [1.82, 2.24) is 4.90 Å². The topological polar surface area (TPSA) is 46.3 Å². The lowest BCUT2D eigenvalue weighted by atomic mass is 10.1. The molecule has 3 heteroatoms. The Morgan fingerprint density at radius 2 is 1.92 bits per heavy atom. The highest BCUT2D eigenvalue weighted by atomic mass is 16.2. The first-order valence-corrected chi connectivity index (χ1v) is 5.05. The van der Waals surface area contributed by atoms with Crippen LogP contribution in [0.4, 0.5) is 0 Å². The zero-order valence-corrected chi connectivity index (χ0v) is 9.05. The highest BCUT2D eigenvalue weighted by Gasteiger charge is 2.10. The summed E-state index contributed by atoms with van der Waals surface area (Å²) in [6.07, 6.45) is 3.72. The fourth-order valence-corrected chi connectivity index (χ4v) is 1.06. The smallest absolute Gasteiger partial charge is 0.222 e. The van der Waals surface area contributed by atoms with Crippen molar-refractivity contribution in [2.45, 2.75) is 45.6 Å². The Bertz CT molecular complexity index is 146. The Hall–Kier alpha value is -0.570. The van der Waals surface area contributed by atoms with Gasteiger partial charge in [0, 0.05) is 19.5 Å². The quantitative estimate of drug-likeness (QED) is 0.637. The number of amides is 1. The van der Waals surface area contributed by atoms with Crippen LogP contribution >= 0.6 is 0 Å². The Kier molecular flexibility index (Phi) is 6.59. The average molecular weight is 186 g/mol. The normalized spacial score (nSPS) is 10.5. The average Bonchev–Trinajstić information content (AvgIpc) is 2.10. The van der Waals surface area contributed by atoms with Crippen molar-refractivity contribution in [3.8, 4) is 0 Å². The molecule has 0 atom stereocenters. The maximum Gasteiger partial charge on any atom is 0.222 e. The largest absolute Gasteiger partial charge is 0.343 e. The summed E-state index contributed by atoms with van der Waals surface area (Å²) in [7, 11) is 1.86. The molecule has 0 unspecified atom stereocenters. The van der Waals surface area contributed by atoms with Gasteiger partial charge in [-0.15, -0.1) is 0 Å². The number of nitrogens with two attached hydrogens (primary N) is 1. The highest BCUT2D eigenvalue weighted by molar-refractivity contribution is 5.76. The van der Waals surface area contributed by atoms with Crippen molar-refractivity contribution >= 4 is 5.91 Å². The van der Waals surface area contributed by atoms with Crippen LogP contribution in [0.1, 0.15) is 39.5 Å². The highest BCUT2D eigenvalue weighted by Crippen LogP contribution is 2.03. The second-order valence-corrected chi connectivity index (χ2v) is 3.70. The summed E-state index contributed by atoms with van der Waals surface area (Å²) in [5.74, 6) is 0.243. The molecule has 0 aromatic heterocycles. The molecule has 0 spiro atoms. The molecule has 0 fully saturated rings. The third-order valence-electron chi connectivity index (χ3n) is 2.26. The SMILES string of the molecule is CC(C)N(C)C(=O)CCCCCN. The van der Waals surface area contributed by atoms with E-state index in [1.807, 2.05) is 20.9 Å². The van der Waals surface area contributed by atoms with E-state index in [0.717, 1.165) is 25.8 Å². The molecule has 0 aromatic rings. The fourth-order valence-electron chi connectivity index (χ4n) is 1.06. The van der Waals surface area contributed by atoms with Crippen LogP contribution < -0.4 is 5.73 Å². The van der Waals surface area contributed by atoms with Gasteiger partial charge in [0.05, 0.1) is 0 Å². The Morgan fingerprint density at radius 1 is 1.31 bits per heavy atom. The van der Waals surface area contributed by atoms with Gasteiger partial charge < -0.3 is 10.6 Å². The third-order valence-corrected chi connectivity index (χ3v) is 2.26. The van der Waals surface area contributed by atoms with E-state index in [1.165, 1.54) is 0 Å². The molecule has 0 saturated carbocycles. The van der Waals surface area contributed by atoms with Gasteiger partial charge in [0.15, 0.2) is 0 Å². The zero-order valence-electron chi connectivity index (χ0n) is 9.05. The fraction of sp³-hybridized carbons (Fsp3) is 0.900. The van der Waals surface area contributed by atoms with E-state index in [0.29, 0.717) is 12.5 Å². The summed E-state index contributed by atoms with van der Waals surface area (Å²) in [6.45, 7) is 4.78. The second kappa shape index (κ2) is 6.89. The summed E-state index contributed by atoms with van der Waals surface area (Å²) >= 11 is 0. The molecule has 0 bridgehead atoms. The Labute approximate surface area is 81.3 Å². The monoisotopic (exact) mass is 186 g/mol. The summed E-state index contributed by atoms with van der Waals surface area (Å²) in [4.78, 5) is 13.2. The van der Waals surface area contributed by atoms with E-state index < -0.39 is 0 Å². The molecule has 0 saturated heterocycles. The van der Waals surface area contributed by atoms with Crippen LogP contribution in [-0.4, -0.2) is 30.4 Å². The van der Waals surface area contributed by atoms with E-state index in [1.54, 1.807) is 4.90 Å². The minimum atomic E-state index is 0.243. The first kappa shape index (κ1) is 12.4. The van der Waals surface area contributed by atoms with Crippen LogP contribution in [0.3, 0.4) is 0 Å². The van der Waals surface area contributed by atoms with Gasteiger partial charge in [0.25, 0.3) is 0 Å². The predicted octanol–water partition coefficient (Wildman–Crippen LogP) is 1.37. The van der Waals surface area contributed by atoms with Gasteiger partial charge in [-0.3, -0.25) is 4.79 Å². The number of carbonyl (C=O) groups is 1. The van der Waals surface area contributed by atoms with Crippen molar-refractivity contribution in [3.05, 3.63) is 0 Å². The van der Waals surface area contributed by atoms with Crippen molar-refractivity contribution in [2.24, 2.45) is 5.73 Å². The van der Waals surface area contributed by atoms with E-state index in [9.17, 15) is 4.79 Å². The van der Waals surface area contributed by atoms with Gasteiger partial charge >= 0.3 is 0 Å². The van der Waals surface area contributed by atoms with Crippen LogP contribution in [0.25, 0.3) is 0 Å². The number of rotatable bonds is 6. The van der Waals surface area contributed by atoms with E-state index in [4.69, 9.17) is 5.73 Å². The molecule has 0 rings (SSSR count). The van der Waals surface area contributed by atoms with Crippen LogP contribution in [-0.2, 0) is 4.79 Å². The summed E-state index contributed by atoms with van der Waals surface area (Å²) < 4.78 is 0. The molecular weight excluding hydrogens is 164 g/mol. The maximum absolute atomic E-state index is 11.4. The standard InChI is InChI=1S/C10H22N2O/c1-9(2)12(3)10(13)7-5-4-6-8-11/h9H,4-8,11H2,1-3H3. The van der Waals surface area contributed by atoms with Gasteiger partial charge in [0.1, 0.15) is 0 Å². The minimum absolute atomic E-state index is 0.243. The lowest BCUT2D eigenvalue weighted by molar-refractivity contribution is -0.131. The Balaban J connectivity index is 3.50. The lowest BCUT2D eigenvalue weighted by Gasteiger charge is -2.21. The number of hydrogen-bond donors (Lipinski definition) is 1. The summed E-state index contributed by atoms with van der Waals surface area (Å²) in [5, 5.41) is 0. The zero-order chi connectivity index (χ0) is 10.3. The van der Waals surface area contributed by atoms with E-state index in [-0.39, 0.29) is 5.91 Å². The molecule has 0 aliphatic carbocycles. The third kappa shape index (κ3) is 5.64. The van der Waals surface area contributed by atoms with Gasteiger partial charge in [-0.2, -0.15) is 0 Å². The molecule has 1 amide bonds. The number of nitrogens with zero attached hydrogens (tertiary/aromatic N) is 1. The van der Waals surface area contributed by atoms with Crippen LogP contribution in [0.5, 0.6) is 0 Å². The Morgan fingerprint density at radius 3 is 2.38 bits per heavy atom. The second-order valence-electron chi connectivity index (χ2n) is 3.70. The molecule has 13 heavy (non-hydrogen) atoms. The van der Waals surface area contributed by atoms with Crippen molar-refractivity contribution in [2.75, 3.05) is 13.6 Å². The molecule has 78 valence electrons. The maximum atomic E-state index is 11.4. The van der Waals surface area contributed by atoms with Gasteiger partial charge in [-0.25, -0.2) is 0 Å². The molecule has 2 N–H and O–H groups in total. The van der Waals surface area contributed by atoms with Crippen molar-refractivity contribution in [3.63, 3.8) is 0 Å². The predicted molar refractivity (Wildman–Crippen MR) is 55.4 cm³/mol. The van der Waals surface area contributed by atoms with Crippen molar-refractivity contribution in [1.29, 1.82) is 0 Å². The van der Waals surface area contributed by atoms with Gasteiger partial charge in [-0.1, -0.05) is 6.42 Å². The molecule has 0 radical (unpaired) electrons. The first-order chi connectivity index (χ1) is 6.09. The van der Waals surface area contributed by atoms with Crippen LogP contribution in [0.15, 0.2) is 0 Å². The molecule has 3 nitrogen and oxygen atoms in total.